The second-order valence-electron chi connectivity index (χ2n) is 4.05. The molecule has 0 aliphatic rings. The molecular formula is C11H20N2OS. The topological polar surface area (TPSA) is 29.9 Å². The smallest absolute Gasteiger partial charge is 0.177 e. The van der Waals surface area contributed by atoms with Gasteiger partial charge in [-0.25, -0.2) is 0 Å². The monoisotopic (exact) mass is 228 g/mol. The van der Waals surface area contributed by atoms with E-state index in [2.05, 4.69) is 30.3 Å². The number of aromatic amines is 1. The first-order chi connectivity index (χ1) is 7.06. The fourth-order valence-corrected chi connectivity index (χ4v) is 1.91. The molecule has 0 spiro atoms. The Morgan fingerprint density at radius 3 is 2.67 bits per heavy atom. The van der Waals surface area contributed by atoms with E-state index >= 15 is 0 Å². The van der Waals surface area contributed by atoms with E-state index in [-0.39, 0.29) is 6.10 Å². The second-order valence-corrected chi connectivity index (χ2v) is 4.44. The van der Waals surface area contributed by atoms with Gasteiger partial charge in [0.25, 0.3) is 0 Å². The Kier molecular flexibility index (Phi) is 4.54. The Morgan fingerprint density at radius 2 is 2.13 bits per heavy atom. The van der Waals surface area contributed by atoms with Gasteiger partial charge >= 0.3 is 0 Å². The lowest BCUT2D eigenvalue weighted by Gasteiger charge is -2.16. The highest BCUT2D eigenvalue weighted by atomic mass is 32.1. The lowest BCUT2D eigenvalue weighted by Crippen LogP contribution is -2.18. The minimum atomic E-state index is 0.204. The summed E-state index contributed by atoms with van der Waals surface area (Å²) >= 11 is 5.25. The molecule has 1 heterocycles. The Balaban J connectivity index is 2.83. The van der Waals surface area contributed by atoms with E-state index in [0.717, 1.165) is 17.9 Å². The van der Waals surface area contributed by atoms with E-state index < -0.39 is 0 Å². The molecule has 0 fully saturated rings. The number of nitrogens with zero attached hydrogens (tertiary/aromatic N) is 1. The van der Waals surface area contributed by atoms with Crippen LogP contribution < -0.4 is 0 Å². The van der Waals surface area contributed by atoms with Gasteiger partial charge in [0, 0.05) is 18.5 Å². The summed E-state index contributed by atoms with van der Waals surface area (Å²) in [5, 5.41) is 0. The molecule has 0 aliphatic heterocycles. The molecule has 4 heteroatoms. The normalized spacial score (nSPS) is 13.4. The van der Waals surface area contributed by atoms with Crippen molar-refractivity contribution < 1.29 is 4.74 Å². The molecule has 1 unspecified atom stereocenters. The first-order valence-corrected chi connectivity index (χ1v) is 5.86. The largest absolute Gasteiger partial charge is 0.377 e. The quantitative estimate of drug-likeness (QED) is 0.785. The van der Waals surface area contributed by atoms with Crippen LogP contribution in [0.15, 0.2) is 6.20 Å². The zero-order valence-corrected chi connectivity index (χ0v) is 10.7. The van der Waals surface area contributed by atoms with Crippen LogP contribution in [-0.4, -0.2) is 22.3 Å². The predicted octanol–water partition coefficient (Wildman–Crippen LogP) is 3.09. The van der Waals surface area contributed by atoms with Gasteiger partial charge in [0.15, 0.2) is 4.77 Å². The standard InChI is InChI=1S/C11H20N2OS/c1-5-14-9(4)7-13-10(8(2)3)6-12-11(13)15/h6,8-9H,5,7H2,1-4H3,(H,12,15). The van der Waals surface area contributed by atoms with Gasteiger partial charge < -0.3 is 14.3 Å². The van der Waals surface area contributed by atoms with E-state index in [1.54, 1.807) is 0 Å². The van der Waals surface area contributed by atoms with Crippen LogP contribution >= 0.6 is 12.2 Å². The summed E-state index contributed by atoms with van der Waals surface area (Å²) in [5.41, 5.74) is 1.24. The maximum atomic E-state index is 5.52. The zero-order valence-electron chi connectivity index (χ0n) is 9.91. The molecule has 0 amide bonds. The van der Waals surface area contributed by atoms with E-state index in [9.17, 15) is 0 Å². The third-order valence-electron chi connectivity index (χ3n) is 2.38. The highest BCUT2D eigenvalue weighted by Crippen LogP contribution is 2.15. The van der Waals surface area contributed by atoms with E-state index in [0.29, 0.717) is 5.92 Å². The fraction of sp³-hybridized carbons (Fsp3) is 0.727. The Hall–Kier alpha value is -0.610. The first kappa shape index (κ1) is 12.5. The van der Waals surface area contributed by atoms with Crippen molar-refractivity contribution >= 4 is 12.2 Å². The van der Waals surface area contributed by atoms with Gasteiger partial charge in [-0.2, -0.15) is 0 Å². The molecule has 86 valence electrons. The molecule has 0 aromatic carbocycles. The van der Waals surface area contributed by atoms with Crippen molar-refractivity contribution in [2.45, 2.75) is 46.3 Å². The van der Waals surface area contributed by atoms with Crippen molar-refractivity contribution in [3.63, 3.8) is 0 Å². The number of rotatable bonds is 5. The van der Waals surface area contributed by atoms with Crippen molar-refractivity contribution in [2.24, 2.45) is 0 Å². The predicted molar refractivity (Wildman–Crippen MR) is 64.8 cm³/mol. The molecule has 3 nitrogen and oxygen atoms in total. The number of imidazole rings is 1. The SMILES string of the molecule is CCOC(C)Cn1c(C(C)C)c[nH]c1=S. The summed E-state index contributed by atoms with van der Waals surface area (Å²) in [6, 6.07) is 0. The third-order valence-corrected chi connectivity index (χ3v) is 2.72. The minimum absolute atomic E-state index is 0.204. The molecule has 15 heavy (non-hydrogen) atoms. The lowest BCUT2D eigenvalue weighted by molar-refractivity contribution is 0.0631. The average Bonchev–Trinajstić information content (AvgIpc) is 2.48. The van der Waals surface area contributed by atoms with Crippen LogP contribution in [0.25, 0.3) is 0 Å². The lowest BCUT2D eigenvalue weighted by atomic mass is 10.1. The molecule has 0 radical (unpaired) electrons. The van der Waals surface area contributed by atoms with Gasteiger partial charge in [0.05, 0.1) is 12.6 Å². The number of H-pyrrole nitrogens is 1. The van der Waals surface area contributed by atoms with Crippen LogP contribution in [0.4, 0.5) is 0 Å². The molecule has 0 saturated heterocycles. The van der Waals surface area contributed by atoms with E-state index in [4.69, 9.17) is 17.0 Å². The van der Waals surface area contributed by atoms with Gasteiger partial charge in [-0.3, -0.25) is 0 Å². The molecule has 1 aromatic rings. The van der Waals surface area contributed by atoms with Crippen molar-refractivity contribution in [3.05, 3.63) is 16.7 Å². The molecule has 1 N–H and O–H groups in total. The van der Waals surface area contributed by atoms with Gasteiger partial charge in [0.2, 0.25) is 0 Å². The van der Waals surface area contributed by atoms with Gasteiger partial charge in [-0.15, -0.1) is 0 Å². The Bertz CT molecular complexity index is 354. The highest BCUT2D eigenvalue weighted by molar-refractivity contribution is 7.71. The van der Waals surface area contributed by atoms with Crippen molar-refractivity contribution in [1.82, 2.24) is 9.55 Å². The van der Waals surface area contributed by atoms with Crippen LogP contribution in [-0.2, 0) is 11.3 Å². The molecular weight excluding hydrogens is 208 g/mol. The summed E-state index contributed by atoms with van der Waals surface area (Å²) < 4.78 is 8.43. The molecule has 0 saturated carbocycles. The maximum absolute atomic E-state index is 5.52. The minimum Gasteiger partial charge on any atom is -0.377 e. The fourth-order valence-electron chi connectivity index (χ4n) is 1.67. The third kappa shape index (κ3) is 3.18. The van der Waals surface area contributed by atoms with E-state index in [1.807, 2.05) is 13.1 Å². The second kappa shape index (κ2) is 5.47. The zero-order chi connectivity index (χ0) is 11.4. The molecule has 1 atom stereocenters. The highest BCUT2D eigenvalue weighted by Gasteiger charge is 2.10. The van der Waals surface area contributed by atoms with E-state index in [1.165, 1.54) is 5.69 Å². The maximum Gasteiger partial charge on any atom is 0.177 e. The number of hydrogen-bond donors (Lipinski definition) is 1. The van der Waals surface area contributed by atoms with Crippen LogP contribution in [0.1, 0.15) is 39.3 Å². The van der Waals surface area contributed by atoms with Crippen LogP contribution in [0.3, 0.4) is 0 Å². The number of nitrogens with one attached hydrogen (secondary N) is 1. The summed E-state index contributed by atoms with van der Waals surface area (Å²) in [7, 11) is 0. The van der Waals surface area contributed by atoms with Gasteiger partial charge in [-0.1, -0.05) is 13.8 Å². The molecule has 0 bridgehead atoms. The van der Waals surface area contributed by atoms with Gasteiger partial charge in [-0.05, 0) is 32.0 Å². The number of hydrogen-bond acceptors (Lipinski definition) is 2. The van der Waals surface area contributed by atoms with Gasteiger partial charge in [0.1, 0.15) is 0 Å². The van der Waals surface area contributed by atoms with Crippen LogP contribution in [0, 0.1) is 4.77 Å². The van der Waals surface area contributed by atoms with Crippen molar-refractivity contribution in [3.8, 4) is 0 Å². The van der Waals surface area contributed by atoms with Crippen LogP contribution in [0.2, 0.25) is 0 Å². The van der Waals surface area contributed by atoms with Crippen molar-refractivity contribution in [1.29, 1.82) is 0 Å². The number of aromatic nitrogens is 2. The molecule has 0 aliphatic carbocycles. The summed E-state index contributed by atoms with van der Waals surface area (Å²) in [6.07, 6.45) is 2.20. The summed E-state index contributed by atoms with van der Waals surface area (Å²) in [5.74, 6) is 0.478. The van der Waals surface area contributed by atoms with Crippen molar-refractivity contribution in [2.75, 3.05) is 6.61 Å². The summed E-state index contributed by atoms with van der Waals surface area (Å²) in [4.78, 5) is 3.09. The molecule has 1 rings (SSSR count). The average molecular weight is 228 g/mol. The Morgan fingerprint density at radius 1 is 1.47 bits per heavy atom. The summed E-state index contributed by atoms with van der Waals surface area (Å²) in [6.45, 7) is 9.98. The van der Waals surface area contributed by atoms with Crippen LogP contribution in [0.5, 0.6) is 0 Å². The Labute approximate surface area is 96.5 Å². The number of ether oxygens (including phenoxy) is 1. The first-order valence-electron chi connectivity index (χ1n) is 5.46. The molecule has 1 aromatic heterocycles.